The summed E-state index contributed by atoms with van der Waals surface area (Å²) in [5.41, 5.74) is -1.07. The maximum absolute atomic E-state index is 11.3. The zero-order valence-electron chi connectivity index (χ0n) is 8.40. The lowest BCUT2D eigenvalue weighted by atomic mass is 10.00. The molecular formula is C11H10O5. The molecule has 84 valence electrons. The molecule has 5 heteroatoms. The van der Waals surface area contributed by atoms with Gasteiger partial charge in [-0.3, -0.25) is 9.59 Å². The lowest BCUT2D eigenvalue weighted by molar-refractivity contribution is -0.158. The van der Waals surface area contributed by atoms with Crippen LogP contribution in [0, 0.1) is 29.1 Å². The molecule has 0 radical (unpaired) electrons. The molecule has 0 aromatic heterocycles. The summed E-state index contributed by atoms with van der Waals surface area (Å²) in [6.07, 6.45) is -0.334. The fourth-order valence-electron chi connectivity index (χ4n) is 1.21. The van der Waals surface area contributed by atoms with Gasteiger partial charge in [-0.25, -0.2) is 0 Å². The maximum Gasteiger partial charge on any atom is 0.323 e. The number of carbonyl (C=O) groups excluding carboxylic acids is 2. The summed E-state index contributed by atoms with van der Waals surface area (Å²) in [5, 5.41) is 18.0. The third kappa shape index (κ3) is 2.60. The third-order valence-electron chi connectivity index (χ3n) is 2.31. The van der Waals surface area contributed by atoms with Gasteiger partial charge < -0.3 is 14.9 Å². The molecule has 16 heavy (non-hydrogen) atoms. The fraction of sp³-hybridized carbons (Fsp3) is 0.455. The first kappa shape index (κ1) is 12.3. The highest BCUT2D eigenvalue weighted by molar-refractivity contribution is 5.85. The predicted molar refractivity (Wildman–Crippen MR) is 52.5 cm³/mol. The van der Waals surface area contributed by atoms with Crippen LogP contribution in [-0.2, 0) is 14.3 Å². The van der Waals surface area contributed by atoms with Gasteiger partial charge >= 0.3 is 12.4 Å². The summed E-state index contributed by atoms with van der Waals surface area (Å²) in [5.74, 6) is 8.48. The van der Waals surface area contributed by atoms with E-state index in [1.807, 2.05) is 0 Å². The Labute approximate surface area is 92.4 Å². The van der Waals surface area contributed by atoms with E-state index in [1.54, 1.807) is 0 Å². The summed E-state index contributed by atoms with van der Waals surface area (Å²) in [6, 6.07) is 0. The van der Waals surface area contributed by atoms with Gasteiger partial charge in [0.1, 0.15) is 18.1 Å². The number of hydrogen-bond acceptors (Lipinski definition) is 5. The second-order valence-electron chi connectivity index (χ2n) is 3.29. The molecule has 2 N–H and O–H groups in total. The molecule has 1 aliphatic carbocycles. The van der Waals surface area contributed by atoms with E-state index in [0.29, 0.717) is 12.8 Å². The Morgan fingerprint density at radius 1 is 1.50 bits per heavy atom. The van der Waals surface area contributed by atoms with Crippen LogP contribution in [0.1, 0.15) is 12.8 Å². The third-order valence-corrected chi connectivity index (χ3v) is 2.31. The smallest absolute Gasteiger partial charge is 0.323 e. The van der Waals surface area contributed by atoms with Crippen molar-refractivity contribution >= 4 is 12.4 Å². The first-order valence-corrected chi connectivity index (χ1v) is 4.59. The average molecular weight is 222 g/mol. The van der Waals surface area contributed by atoms with Crippen LogP contribution < -0.4 is 0 Å². The minimum atomic E-state index is -1.20. The minimum absolute atomic E-state index is 0.0358. The molecule has 1 aliphatic rings. The number of rotatable bonds is 3. The molecule has 1 unspecified atom stereocenters. The molecular weight excluding hydrogens is 212 g/mol. The van der Waals surface area contributed by atoms with Gasteiger partial charge in [-0.05, 0) is 24.7 Å². The molecule has 1 atom stereocenters. The maximum atomic E-state index is 11.3. The molecule has 1 saturated carbocycles. The summed E-state index contributed by atoms with van der Waals surface area (Å²) < 4.78 is 4.19. The van der Waals surface area contributed by atoms with E-state index in [9.17, 15) is 14.7 Å². The highest BCUT2D eigenvalue weighted by Crippen LogP contribution is 2.49. The standard InChI is InChI=1S/C11H10O5/c12-7-3-1-2-4-9(14)11(5-6-11)10(15)16-8-13/h8-9,12,14H,5-7H2. The van der Waals surface area contributed by atoms with E-state index in [0.717, 1.165) is 0 Å². The summed E-state index contributed by atoms with van der Waals surface area (Å²) in [6.45, 7) is -0.281. The molecule has 0 amide bonds. The van der Waals surface area contributed by atoms with Crippen LogP contribution in [0.4, 0.5) is 0 Å². The van der Waals surface area contributed by atoms with Crippen molar-refractivity contribution < 1.29 is 24.5 Å². The average Bonchev–Trinajstić information content (AvgIpc) is 3.05. The Morgan fingerprint density at radius 3 is 2.69 bits per heavy atom. The van der Waals surface area contributed by atoms with E-state index < -0.39 is 17.5 Å². The minimum Gasteiger partial charge on any atom is -0.395 e. The molecule has 5 nitrogen and oxygen atoms in total. The Bertz CT molecular complexity index is 400. The molecule has 0 spiro atoms. The SMILES string of the molecule is O=COC(=O)C1(C(O)C#CC#CCO)CC1. The number of aliphatic hydroxyl groups excluding tert-OH is 2. The molecule has 0 aromatic rings. The molecule has 0 saturated heterocycles. The molecule has 0 bridgehead atoms. The second-order valence-corrected chi connectivity index (χ2v) is 3.29. The molecule has 1 fully saturated rings. The number of hydrogen-bond donors (Lipinski definition) is 2. The van der Waals surface area contributed by atoms with Crippen LogP contribution in [0.5, 0.6) is 0 Å². The number of esters is 1. The van der Waals surface area contributed by atoms with Gasteiger partial charge in [0.05, 0.1) is 0 Å². The van der Waals surface area contributed by atoms with Gasteiger partial charge in [-0.2, -0.15) is 0 Å². The van der Waals surface area contributed by atoms with Crippen LogP contribution in [0.25, 0.3) is 0 Å². The van der Waals surface area contributed by atoms with Crippen LogP contribution in [-0.4, -0.2) is 35.4 Å². The normalized spacial score (nSPS) is 16.9. The van der Waals surface area contributed by atoms with E-state index in [2.05, 4.69) is 28.4 Å². The van der Waals surface area contributed by atoms with Crippen molar-refractivity contribution in [3.05, 3.63) is 0 Å². The summed E-state index contributed by atoms with van der Waals surface area (Å²) >= 11 is 0. The van der Waals surface area contributed by atoms with Crippen LogP contribution in [0.3, 0.4) is 0 Å². The first-order valence-electron chi connectivity index (χ1n) is 4.59. The van der Waals surface area contributed by atoms with Gasteiger partial charge in [0.2, 0.25) is 0 Å². The fourth-order valence-corrected chi connectivity index (χ4v) is 1.21. The van der Waals surface area contributed by atoms with Crippen LogP contribution >= 0.6 is 0 Å². The Morgan fingerprint density at radius 2 is 2.19 bits per heavy atom. The zero-order chi connectivity index (χ0) is 12.0. The van der Waals surface area contributed by atoms with Crippen molar-refractivity contribution in [3.63, 3.8) is 0 Å². The van der Waals surface area contributed by atoms with Crippen molar-refractivity contribution in [2.75, 3.05) is 6.61 Å². The van der Waals surface area contributed by atoms with Gasteiger partial charge in [0.15, 0.2) is 0 Å². The van der Waals surface area contributed by atoms with E-state index >= 15 is 0 Å². The van der Waals surface area contributed by atoms with Crippen molar-refractivity contribution in [3.8, 4) is 23.7 Å². The Kier molecular flexibility index (Phi) is 4.07. The van der Waals surface area contributed by atoms with Gasteiger partial charge in [0.25, 0.3) is 0 Å². The topological polar surface area (TPSA) is 83.8 Å². The number of ether oxygens (including phenoxy) is 1. The lowest BCUT2D eigenvalue weighted by Crippen LogP contribution is -2.30. The first-order chi connectivity index (χ1) is 7.67. The second kappa shape index (κ2) is 5.32. The highest BCUT2D eigenvalue weighted by Gasteiger charge is 2.56. The lowest BCUT2D eigenvalue weighted by Gasteiger charge is -2.13. The largest absolute Gasteiger partial charge is 0.395 e. The Hall–Kier alpha value is -1.82. The van der Waals surface area contributed by atoms with Crippen LogP contribution in [0.2, 0.25) is 0 Å². The quantitative estimate of drug-likeness (QED) is 0.272. The predicted octanol–water partition coefficient (Wildman–Crippen LogP) is -1.17. The van der Waals surface area contributed by atoms with Crippen LogP contribution in [0.15, 0.2) is 0 Å². The van der Waals surface area contributed by atoms with E-state index in [-0.39, 0.29) is 13.1 Å². The number of aliphatic hydroxyl groups is 2. The van der Waals surface area contributed by atoms with Crippen molar-refractivity contribution in [1.29, 1.82) is 0 Å². The highest BCUT2D eigenvalue weighted by atomic mass is 16.6. The van der Waals surface area contributed by atoms with E-state index in [4.69, 9.17) is 5.11 Å². The van der Waals surface area contributed by atoms with Gasteiger partial charge in [-0.15, -0.1) is 0 Å². The van der Waals surface area contributed by atoms with Crippen molar-refractivity contribution in [1.82, 2.24) is 0 Å². The van der Waals surface area contributed by atoms with Gasteiger partial charge in [-0.1, -0.05) is 11.8 Å². The monoisotopic (exact) mass is 222 g/mol. The van der Waals surface area contributed by atoms with Gasteiger partial charge in [0, 0.05) is 0 Å². The Balaban J connectivity index is 2.65. The summed E-state index contributed by atoms with van der Waals surface area (Å²) in [4.78, 5) is 21.3. The molecule has 0 aliphatic heterocycles. The van der Waals surface area contributed by atoms with Crippen molar-refractivity contribution in [2.24, 2.45) is 5.41 Å². The summed E-state index contributed by atoms with van der Waals surface area (Å²) in [7, 11) is 0. The molecule has 0 aromatic carbocycles. The number of carbonyl (C=O) groups is 2. The van der Waals surface area contributed by atoms with E-state index in [1.165, 1.54) is 0 Å². The zero-order valence-corrected chi connectivity index (χ0v) is 8.40. The molecule has 0 heterocycles. The molecule has 1 rings (SSSR count). The van der Waals surface area contributed by atoms with Crippen molar-refractivity contribution in [2.45, 2.75) is 18.9 Å².